The molecule has 0 bridgehead atoms. The van der Waals surface area contributed by atoms with Gasteiger partial charge in [0.25, 0.3) is 0 Å². The number of ketones is 1. The van der Waals surface area contributed by atoms with Crippen molar-refractivity contribution in [3.8, 4) is 0 Å². The zero-order chi connectivity index (χ0) is 22.3. The van der Waals surface area contributed by atoms with Crippen LogP contribution < -0.4 is 22.1 Å². The Morgan fingerprint density at radius 3 is 2.60 bits per heavy atom. The number of nitrogens with one attached hydrogen (secondary N) is 2. The van der Waals surface area contributed by atoms with Gasteiger partial charge in [-0.15, -0.1) is 0 Å². The zero-order valence-corrected chi connectivity index (χ0v) is 17.8. The Morgan fingerprint density at radius 1 is 1.27 bits per heavy atom. The average Bonchev–Trinajstić information content (AvgIpc) is 2.71. The van der Waals surface area contributed by atoms with Crippen LogP contribution in [-0.4, -0.2) is 35.8 Å². The number of rotatable bonds is 10. The van der Waals surface area contributed by atoms with Crippen molar-refractivity contribution in [2.75, 3.05) is 18.8 Å². The lowest BCUT2D eigenvalue weighted by Crippen LogP contribution is -2.37. The van der Waals surface area contributed by atoms with Crippen LogP contribution >= 0.6 is 11.6 Å². The summed E-state index contributed by atoms with van der Waals surface area (Å²) in [5.74, 6) is -1.15. The summed E-state index contributed by atoms with van der Waals surface area (Å²) in [4.78, 5) is 28.6. The highest BCUT2D eigenvalue weighted by molar-refractivity contribution is 6.35. The van der Waals surface area contributed by atoms with Gasteiger partial charge in [-0.3, -0.25) is 9.59 Å². The second-order valence-corrected chi connectivity index (χ2v) is 7.40. The minimum Gasteiger partial charge on any atom is -0.384 e. The summed E-state index contributed by atoms with van der Waals surface area (Å²) in [5, 5.41) is 5.97. The van der Waals surface area contributed by atoms with Crippen LogP contribution in [0.5, 0.6) is 0 Å². The molecule has 1 unspecified atom stereocenters. The highest BCUT2D eigenvalue weighted by Gasteiger charge is 2.25. The van der Waals surface area contributed by atoms with E-state index in [1.54, 1.807) is 6.07 Å². The van der Waals surface area contributed by atoms with E-state index in [0.29, 0.717) is 25.1 Å². The van der Waals surface area contributed by atoms with Gasteiger partial charge in [-0.2, -0.15) is 0 Å². The maximum Gasteiger partial charge on any atom is 0.221 e. The first-order chi connectivity index (χ1) is 14.3. The largest absolute Gasteiger partial charge is 0.384 e. The molecular weight excluding hydrogens is 409 g/mol. The average molecular weight is 436 g/mol. The van der Waals surface area contributed by atoms with Gasteiger partial charge in [-0.05, 0) is 31.5 Å². The van der Waals surface area contributed by atoms with Gasteiger partial charge in [0, 0.05) is 48.9 Å². The SMILES string of the molecule is CCC(N[C@@H](C)CC(=O)NCCN)c1ccc(Cl)c(C(=O)c2ccc(N)nc2)c1F. The van der Waals surface area contributed by atoms with Gasteiger partial charge in [0.1, 0.15) is 11.6 Å². The second kappa shape index (κ2) is 11.0. The van der Waals surface area contributed by atoms with Crippen LogP contribution in [0.3, 0.4) is 0 Å². The van der Waals surface area contributed by atoms with Crippen LogP contribution in [0.25, 0.3) is 0 Å². The molecule has 2 rings (SSSR count). The van der Waals surface area contributed by atoms with E-state index in [0.717, 1.165) is 0 Å². The van der Waals surface area contributed by atoms with E-state index in [4.69, 9.17) is 23.1 Å². The lowest BCUT2D eigenvalue weighted by atomic mass is 9.96. The minimum absolute atomic E-state index is 0.0159. The number of carbonyl (C=O) groups is 2. The first-order valence-electron chi connectivity index (χ1n) is 9.75. The molecule has 0 spiro atoms. The molecule has 0 radical (unpaired) electrons. The van der Waals surface area contributed by atoms with Crippen LogP contribution in [0.2, 0.25) is 5.02 Å². The Bertz CT molecular complexity index is 892. The van der Waals surface area contributed by atoms with Gasteiger partial charge in [0.05, 0.1) is 10.6 Å². The fourth-order valence-corrected chi connectivity index (χ4v) is 3.35. The summed E-state index contributed by atoms with van der Waals surface area (Å²) in [6, 6.07) is 5.37. The lowest BCUT2D eigenvalue weighted by Gasteiger charge is -2.24. The normalized spacial score (nSPS) is 13.0. The number of amides is 1. The smallest absolute Gasteiger partial charge is 0.221 e. The molecule has 6 N–H and O–H groups in total. The predicted octanol–water partition coefficient (Wildman–Crippen LogP) is 2.58. The Morgan fingerprint density at radius 2 is 2.00 bits per heavy atom. The van der Waals surface area contributed by atoms with Crippen LogP contribution in [-0.2, 0) is 4.79 Å². The Kier molecular flexibility index (Phi) is 8.71. The molecule has 0 saturated carbocycles. The summed E-state index contributed by atoms with van der Waals surface area (Å²) in [6.45, 7) is 4.49. The molecule has 2 atom stereocenters. The van der Waals surface area contributed by atoms with Crippen molar-refractivity contribution >= 4 is 29.1 Å². The highest BCUT2D eigenvalue weighted by Crippen LogP contribution is 2.30. The van der Waals surface area contributed by atoms with Crippen molar-refractivity contribution in [1.29, 1.82) is 0 Å². The Hall–Kier alpha value is -2.55. The van der Waals surface area contributed by atoms with E-state index in [-0.39, 0.29) is 40.3 Å². The number of nitrogens with zero attached hydrogens (tertiary/aromatic N) is 1. The molecular formula is C21H27ClFN5O2. The van der Waals surface area contributed by atoms with Crippen molar-refractivity contribution in [3.05, 3.63) is 58.0 Å². The van der Waals surface area contributed by atoms with Gasteiger partial charge < -0.3 is 22.1 Å². The molecule has 162 valence electrons. The Balaban J connectivity index is 2.25. The third-order valence-electron chi connectivity index (χ3n) is 4.62. The highest BCUT2D eigenvalue weighted by atomic mass is 35.5. The van der Waals surface area contributed by atoms with Crippen LogP contribution in [0, 0.1) is 5.82 Å². The second-order valence-electron chi connectivity index (χ2n) is 7.00. The molecule has 30 heavy (non-hydrogen) atoms. The van der Waals surface area contributed by atoms with Crippen molar-refractivity contribution in [2.24, 2.45) is 5.73 Å². The van der Waals surface area contributed by atoms with E-state index in [1.807, 2.05) is 13.8 Å². The molecule has 7 nitrogen and oxygen atoms in total. The molecule has 0 aliphatic rings. The van der Waals surface area contributed by atoms with Crippen molar-refractivity contribution in [1.82, 2.24) is 15.6 Å². The number of anilines is 1. The molecule has 1 heterocycles. The third-order valence-corrected chi connectivity index (χ3v) is 4.94. The summed E-state index contributed by atoms with van der Waals surface area (Å²) < 4.78 is 15.4. The fourth-order valence-electron chi connectivity index (χ4n) is 3.12. The number of aromatic nitrogens is 1. The first-order valence-corrected chi connectivity index (χ1v) is 10.1. The van der Waals surface area contributed by atoms with Gasteiger partial charge in [-0.25, -0.2) is 9.37 Å². The quantitative estimate of drug-likeness (QED) is 0.425. The zero-order valence-electron chi connectivity index (χ0n) is 17.0. The van der Waals surface area contributed by atoms with E-state index >= 15 is 4.39 Å². The lowest BCUT2D eigenvalue weighted by molar-refractivity contribution is -0.121. The molecule has 1 aromatic carbocycles. The van der Waals surface area contributed by atoms with Crippen molar-refractivity contribution in [2.45, 2.75) is 38.8 Å². The monoisotopic (exact) mass is 435 g/mol. The number of benzene rings is 1. The molecule has 0 aliphatic heterocycles. The Labute approximate surface area is 180 Å². The topological polar surface area (TPSA) is 123 Å². The van der Waals surface area contributed by atoms with Crippen molar-refractivity contribution in [3.63, 3.8) is 0 Å². The van der Waals surface area contributed by atoms with Gasteiger partial charge in [0.15, 0.2) is 5.78 Å². The summed E-state index contributed by atoms with van der Waals surface area (Å²) >= 11 is 6.16. The molecule has 1 aromatic heterocycles. The molecule has 0 aliphatic carbocycles. The van der Waals surface area contributed by atoms with Gasteiger partial charge >= 0.3 is 0 Å². The van der Waals surface area contributed by atoms with E-state index in [2.05, 4.69) is 15.6 Å². The van der Waals surface area contributed by atoms with Gasteiger partial charge in [0.2, 0.25) is 5.91 Å². The van der Waals surface area contributed by atoms with Crippen LogP contribution in [0.15, 0.2) is 30.5 Å². The maximum absolute atomic E-state index is 15.4. The summed E-state index contributed by atoms with van der Waals surface area (Å²) in [5.41, 5.74) is 11.2. The standard InChI is InChI=1S/C21H27ClFN5O2/c1-3-16(28-12(2)10-18(29)26-9-8-24)14-5-6-15(22)19(20(14)23)21(30)13-4-7-17(25)27-11-13/h4-7,11-12,16,28H,3,8-10,24H2,1-2H3,(H2,25,27)(H,26,29)/t12-,16?/m0/s1. The number of nitrogens with two attached hydrogens (primary N) is 2. The predicted molar refractivity (Wildman–Crippen MR) is 116 cm³/mol. The van der Waals surface area contributed by atoms with E-state index in [9.17, 15) is 9.59 Å². The summed E-state index contributed by atoms with van der Waals surface area (Å²) in [6.07, 6.45) is 2.05. The molecule has 0 fully saturated rings. The van der Waals surface area contributed by atoms with Gasteiger partial charge in [-0.1, -0.05) is 24.6 Å². The molecule has 0 saturated heterocycles. The number of halogens is 2. The van der Waals surface area contributed by atoms with Crippen LogP contribution in [0.1, 0.15) is 54.2 Å². The van der Waals surface area contributed by atoms with E-state index < -0.39 is 17.6 Å². The summed E-state index contributed by atoms with van der Waals surface area (Å²) in [7, 11) is 0. The first kappa shape index (κ1) is 23.7. The van der Waals surface area contributed by atoms with E-state index in [1.165, 1.54) is 24.4 Å². The molecule has 2 aromatic rings. The molecule has 9 heteroatoms. The number of nitrogen functional groups attached to an aromatic ring is 1. The number of pyridine rings is 1. The third kappa shape index (κ3) is 5.98. The number of hydrogen-bond acceptors (Lipinski definition) is 6. The minimum atomic E-state index is -0.691. The van der Waals surface area contributed by atoms with Crippen LogP contribution in [0.4, 0.5) is 10.2 Å². The number of carbonyl (C=O) groups excluding carboxylic acids is 2. The molecule has 1 amide bonds. The number of hydrogen-bond donors (Lipinski definition) is 4. The fraction of sp³-hybridized carbons (Fsp3) is 0.381. The van der Waals surface area contributed by atoms with Crippen molar-refractivity contribution < 1.29 is 14.0 Å². The maximum atomic E-state index is 15.4.